The van der Waals surface area contributed by atoms with Crippen LogP contribution in [-0.4, -0.2) is 82.5 Å². The Kier molecular flexibility index (Phi) is 28.3. The number of unbranched alkanes of at least 4 members (excludes halogenated alkanes) is 4. The van der Waals surface area contributed by atoms with E-state index in [4.69, 9.17) is 38.3 Å². The van der Waals surface area contributed by atoms with Gasteiger partial charge in [-0.2, -0.15) is 0 Å². The lowest BCUT2D eigenvalue weighted by Crippen LogP contribution is -2.24. The summed E-state index contributed by atoms with van der Waals surface area (Å²) in [4.78, 5) is 0. The second-order valence-corrected chi connectivity index (χ2v) is 12.3. The molecular weight excluding hydrogens is 664 g/mol. The number of aliphatic hydroxyl groups is 1. The Morgan fingerprint density at radius 1 is 0.553 bits per heavy atom. The average molecular weight is 726 g/mol. The van der Waals surface area contributed by atoms with Crippen molar-refractivity contribution in [1.29, 1.82) is 0 Å². The minimum absolute atomic E-state index is 0.00545. The first kappa shape index (κ1) is 41.8. The zero-order chi connectivity index (χ0) is 33.3. The maximum atomic E-state index is 8.56. The highest BCUT2D eigenvalue weighted by molar-refractivity contribution is 9.09. The van der Waals surface area contributed by atoms with Crippen molar-refractivity contribution >= 4 is 15.9 Å². The van der Waals surface area contributed by atoms with E-state index >= 15 is 0 Å². The van der Waals surface area contributed by atoms with Crippen LogP contribution in [0.4, 0.5) is 0 Å². The predicted molar refractivity (Wildman–Crippen MR) is 191 cm³/mol. The number of hydrogen-bond acceptors (Lipinski definition) is 8. The zero-order valence-electron chi connectivity index (χ0n) is 28.6. The van der Waals surface area contributed by atoms with Gasteiger partial charge in [0.05, 0.1) is 33.0 Å². The van der Waals surface area contributed by atoms with Gasteiger partial charge in [-0.1, -0.05) is 76.6 Å². The molecule has 0 spiro atoms. The third-order valence-corrected chi connectivity index (χ3v) is 7.76. The van der Waals surface area contributed by atoms with Gasteiger partial charge in [-0.25, -0.2) is 0 Å². The molecule has 2 atom stereocenters. The van der Waals surface area contributed by atoms with Crippen molar-refractivity contribution in [2.24, 2.45) is 0 Å². The molecule has 2 aliphatic heterocycles. The highest BCUT2D eigenvalue weighted by Crippen LogP contribution is 2.14. The third-order valence-electron chi connectivity index (χ3n) is 7.44. The van der Waals surface area contributed by atoms with Gasteiger partial charge in [0.25, 0.3) is 0 Å². The summed E-state index contributed by atoms with van der Waals surface area (Å²) in [7, 11) is 0. The molecule has 9 heteroatoms. The SMILES string of the molecule is BrCCOC1CCCCO1.OCCCCCOCc1ccccc1.c1ccc(COCCCCCOCCOC2CCCCO2)cc1. The Morgan fingerprint density at radius 3 is 1.51 bits per heavy atom. The van der Waals surface area contributed by atoms with E-state index in [2.05, 4.69) is 40.2 Å². The highest BCUT2D eigenvalue weighted by Gasteiger charge is 2.14. The molecular formula is C38H61BrO8. The molecule has 47 heavy (non-hydrogen) atoms. The normalized spacial score (nSPS) is 17.7. The monoisotopic (exact) mass is 724 g/mol. The van der Waals surface area contributed by atoms with Crippen molar-refractivity contribution in [1.82, 2.24) is 0 Å². The zero-order valence-corrected chi connectivity index (χ0v) is 30.2. The van der Waals surface area contributed by atoms with Gasteiger partial charge in [-0.05, 0) is 88.2 Å². The summed E-state index contributed by atoms with van der Waals surface area (Å²) in [5.74, 6) is 0. The van der Waals surface area contributed by atoms with Crippen LogP contribution in [0.3, 0.4) is 0 Å². The van der Waals surface area contributed by atoms with Gasteiger partial charge >= 0.3 is 0 Å². The summed E-state index contributed by atoms with van der Waals surface area (Å²) in [6.45, 7) is 7.83. The summed E-state index contributed by atoms with van der Waals surface area (Å²) in [6.07, 6.45) is 13.2. The van der Waals surface area contributed by atoms with Crippen molar-refractivity contribution in [2.75, 3.05) is 64.8 Å². The maximum Gasteiger partial charge on any atom is 0.157 e. The Balaban J connectivity index is 0.000000271. The molecule has 0 bridgehead atoms. The molecule has 2 aliphatic rings. The van der Waals surface area contributed by atoms with Crippen LogP contribution in [0.25, 0.3) is 0 Å². The van der Waals surface area contributed by atoms with E-state index < -0.39 is 0 Å². The van der Waals surface area contributed by atoms with Gasteiger partial charge in [-0.3, -0.25) is 0 Å². The summed E-state index contributed by atoms with van der Waals surface area (Å²) in [5, 5.41) is 9.46. The van der Waals surface area contributed by atoms with Crippen LogP contribution in [0, 0.1) is 0 Å². The van der Waals surface area contributed by atoms with Crippen molar-refractivity contribution < 1.29 is 38.3 Å². The van der Waals surface area contributed by atoms with Crippen LogP contribution in [-0.2, 0) is 46.4 Å². The van der Waals surface area contributed by atoms with Crippen molar-refractivity contribution in [3.8, 4) is 0 Å². The average Bonchev–Trinajstić information content (AvgIpc) is 3.13. The quantitative estimate of drug-likeness (QED) is 0.0961. The number of ether oxygens (including phenoxy) is 7. The van der Waals surface area contributed by atoms with Gasteiger partial charge < -0.3 is 38.3 Å². The number of alkyl halides is 1. The summed E-state index contributed by atoms with van der Waals surface area (Å²) in [6, 6.07) is 20.5. The predicted octanol–water partition coefficient (Wildman–Crippen LogP) is 8.22. The van der Waals surface area contributed by atoms with Crippen LogP contribution < -0.4 is 0 Å². The van der Waals surface area contributed by atoms with Crippen LogP contribution in [0.15, 0.2) is 60.7 Å². The smallest absolute Gasteiger partial charge is 0.157 e. The molecule has 2 saturated heterocycles. The summed E-state index contributed by atoms with van der Waals surface area (Å²) < 4.78 is 38.5. The molecule has 2 unspecified atom stereocenters. The molecule has 0 amide bonds. The lowest BCUT2D eigenvalue weighted by atomic mass is 10.2. The van der Waals surface area contributed by atoms with E-state index in [1.54, 1.807) is 0 Å². The Labute approximate surface area is 292 Å². The van der Waals surface area contributed by atoms with E-state index in [9.17, 15) is 0 Å². The van der Waals surface area contributed by atoms with Crippen LogP contribution in [0.5, 0.6) is 0 Å². The second-order valence-electron chi connectivity index (χ2n) is 11.6. The van der Waals surface area contributed by atoms with Crippen molar-refractivity contribution in [2.45, 2.75) is 103 Å². The number of halogens is 1. The number of hydrogen-bond donors (Lipinski definition) is 1. The first-order valence-corrected chi connectivity index (χ1v) is 18.9. The topological polar surface area (TPSA) is 84.8 Å². The fourth-order valence-electron chi connectivity index (χ4n) is 4.81. The second kappa shape index (κ2) is 31.8. The molecule has 0 aliphatic carbocycles. The first-order valence-electron chi connectivity index (χ1n) is 17.8. The number of benzene rings is 2. The molecule has 2 aromatic carbocycles. The molecule has 2 fully saturated rings. The molecule has 0 saturated carbocycles. The third kappa shape index (κ3) is 25.3. The first-order chi connectivity index (χ1) is 23.3. The Hall–Kier alpha value is -1.40. The fourth-order valence-corrected chi connectivity index (χ4v) is 4.99. The standard InChI is InChI=1S/C19H30O4.C12H18O2.C7H13BrO2/c1-3-9-18(10-4-1)17-21-13-7-2-6-12-20-15-16-23-19-11-5-8-14-22-19;13-9-5-2-6-10-14-11-12-7-3-1-4-8-12;8-4-6-10-7-3-1-2-5-9-7/h1,3-4,9-10,19H,2,5-8,11-17H2;1,3-4,7-8,13H,2,5-6,9-11H2;7H,1-6H2. The van der Waals surface area contributed by atoms with E-state index in [1.165, 1.54) is 30.4 Å². The lowest BCUT2D eigenvalue weighted by molar-refractivity contribution is -0.169. The lowest BCUT2D eigenvalue weighted by Gasteiger charge is -2.22. The molecule has 0 radical (unpaired) electrons. The van der Waals surface area contributed by atoms with Gasteiger partial charge in [0.1, 0.15) is 0 Å². The Bertz CT molecular complexity index is 895. The minimum Gasteiger partial charge on any atom is -0.396 e. The molecule has 4 rings (SSSR count). The molecule has 0 aromatic heterocycles. The maximum absolute atomic E-state index is 8.56. The molecule has 2 aromatic rings. The summed E-state index contributed by atoms with van der Waals surface area (Å²) >= 11 is 3.30. The minimum atomic E-state index is -0.00545. The molecule has 2 heterocycles. The van der Waals surface area contributed by atoms with E-state index in [-0.39, 0.29) is 12.6 Å². The van der Waals surface area contributed by atoms with Gasteiger partial charge in [-0.15, -0.1) is 0 Å². The highest BCUT2D eigenvalue weighted by atomic mass is 79.9. The number of rotatable bonds is 22. The molecule has 8 nitrogen and oxygen atoms in total. The van der Waals surface area contributed by atoms with E-state index in [0.717, 1.165) is 103 Å². The van der Waals surface area contributed by atoms with Gasteiger partial charge in [0.2, 0.25) is 0 Å². The Morgan fingerprint density at radius 2 is 1.04 bits per heavy atom. The molecule has 268 valence electrons. The molecule has 1 N–H and O–H groups in total. The largest absolute Gasteiger partial charge is 0.396 e. The van der Waals surface area contributed by atoms with Crippen molar-refractivity contribution in [3.63, 3.8) is 0 Å². The van der Waals surface area contributed by atoms with Crippen LogP contribution in [0.1, 0.15) is 88.2 Å². The van der Waals surface area contributed by atoms with E-state index in [0.29, 0.717) is 33.0 Å². The van der Waals surface area contributed by atoms with Crippen molar-refractivity contribution in [3.05, 3.63) is 71.8 Å². The van der Waals surface area contributed by atoms with Gasteiger partial charge in [0, 0.05) is 45.0 Å². The number of aliphatic hydroxyl groups excluding tert-OH is 1. The fraction of sp³-hybridized carbons (Fsp3) is 0.684. The summed E-state index contributed by atoms with van der Waals surface area (Å²) in [5.41, 5.74) is 2.45. The van der Waals surface area contributed by atoms with Gasteiger partial charge in [0.15, 0.2) is 12.6 Å². The van der Waals surface area contributed by atoms with Crippen LogP contribution >= 0.6 is 15.9 Å². The van der Waals surface area contributed by atoms with E-state index in [1.807, 2.05) is 36.4 Å². The van der Waals surface area contributed by atoms with Crippen LogP contribution in [0.2, 0.25) is 0 Å².